The first-order chi connectivity index (χ1) is 10.7. The van der Waals surface area contributed by atoms with Crippen LogP contribution in [0.3, 0.4) is 0 Å². The molecule has 0 unspecified atom stereocenters. The first-order valence-corrected chi connectivity index (χ1v) is 7.71. The Bertz CT molecular complexity index is 767. The number of aryl methyl sites for hydroxylation is 1. The van der Waals surface area contributed by atoms with Crippen LogP contribution in [0.4, 0.5) is 5.69 Å². The van der Waals surface area contributed by atoms with Crippen LogP contribution in [-0.2, 0) is 11.2 Å². The normalized spacial score (nSPS) is 10.4. The number of amides is 1. The van der Waals surface area contributed by atoms with Crippen molar-refractivity contribution < 1.29 is 4.79 Å². The molecule has 1 heterocycles. The van der Waals surface area contributed by atoms with Crippen molar-refractivity contribution in [1.29, 1.82) is 0 Å². The van der Waals surface area contributed by atoms with Gasteiger partial charge in [-0.15, -0.1) is 5.10 Å². The summed E-state index contributed by atoms with van der Waals surface area (Å²) in [6, 6.07) is 15.7. The van der Waals surface area contributed by atoms with Gasteiger partial charge < -0.3 is 5.32 Å². The summed E-state index contributed by atoms with van der Waals surface area (Å²) < 4.78 is 3.85. The van der Waals surface area contributed by atoms with Gasteiger partial charge in [-0.3, -0.25) is 4.79 Å². The topological polar surface area (TPSA) is 54.9 Å². The highest BCUT2D eigenvalue weighted by Crippen LogP contribution is 2.23. The molecule has 110 valence electrons. The average molecular weight is 309 g/mol. The molecule has 2 aromatic carbocycles. The Morgan fingerprint density at radius 1 is 1.18 bits per heavy atom. The fourth-order valence-corrected chi connectivity index (χ4v) is 2.74. The van der Waals surface area contributed by atoms with Gasteiger partial charge in [0.15, 0.2) is 0 Å². The summed E-state index contributed by atoms with van der Waals surface area (Å²) in [5.41, 5.74) is 4.02. The van der Waals surface area contributed by atoms with E-state index in [0.717, 1.165) is 27.3 Å². The Balaban J connectivity index is 1.64. The molecular formula is C17H15N3OS. The van der Waals surface area contributed by atoms with Crippen LogP contribution in [-0.4, -0.2) is 15.5 Å². The van der Waals surface area contributed by atoms with E-state index < -0.39 is 0 Å². The number of hydrogen-bond acceptors (Lipinski definition) is 4. The number of nitrogens with one attached hydrogen (secondary N) is 1. The second kappa shape index (κ2) is 6.49. The summed E-state index contributed by atoms with van der Waals surface area (Å²) in [5.74, 6) is -0.0159. The van der Waals surface area contributed by atoms with Crippen molar-refractivity contribution in [3.8, 4) is 10.4 Å². The van der Waals surface area contributed by atoms with E-state index in [1.807, 2.05) is 55.5 Å². The maximum Gasteiger partial charge on any atom is 0.228 e. The smallest absolute Gasteiger partial charge is 0.228 e. The van der Waals surface area contributed by atoms with E-state index >= 15 is 0 Å². The van der Waals surface area contributed by atoms with Crippen LogP contribution in [0, 0.1) is 6.92 Å². The quantitative estimate of drug-likeness (QED) is 0.799. The molecule has 4 nitrogen and oxygen atoms in total. The predicted molar refractivity (Wildman–Crippen MR) is 88.9 cm³/mol. The molecule has 0 saturated carbocycles. The Labute approximate surface area is 133 Å². The lowest BCUT2D eigenvalue weighted by Gasteiger charge is -2.06. The van der Waals surface area contributed by atoms with Gasteiger partial charge in [-0.05, 0) is 41.7 Å². The van der Waals surface area contributed by atoms with Crippen molar-refractivity contribution in [3.05, 3.63) is 65.9 Å². The molecule has 0 atom stereocenters. The Morgan fingerprint density at radius 3 is 2.68 bits per heavy atom. The zero-order valence-electron chi connectivity index (χ0n) is 12.1. The number of aromatic nitrogens is 2. The lowest BCUT2D eigenvalue weighted by molar-refractivity contribution is -0.115. The van der Waals surface area contributed by atoms with E-state index in [0.29, 0.717) is 6.42 Å². The number of carbonyl (C=O) groups excluding carboxylic acids is 1. The van der Waals surface area contributed by atoms with Crippen LogP contribution >= 0.6 is 11.5 Å². The van der Waals surface area contributed by atoms with Crippen LogP contribution in [0.5, 0.6) is 0 Å². The van der Waals surface area contributed by atoms with Crippen molar-refractivity contribution in [2.75, 3.05) is 5.32 Å². The van der Waals surface area contributed by atoms with Gasteiger partial charge in [0.05, 0.1) is 17.5 Å². The highest BCUT2D eigenvalue weighted by Gasteiger charge is 2.05. The van der Waals surface area contributed by atoms with Gasteiger partial charge in [-0.25, -0.2) is 0 Å². The van der Waals surface area contributed by atoms with E-state index in [2.05, 4.69) is 14.9 Å². The summed E-state index contributed by atoms with van der Waals surface area (Å²) in [5, 5.41) is 6.74. The van der Waals surface area contributed by atoms with E-state index in [-0.39, 0.29) is 5.91 Å². The molecule has 0 fully saturated rings. The van der Waals surface area contributed by atoms with Gasteiger partial charge in [0.25, 0.3) is 0 Å². The van der Waals surface area contributed by atoms with Crippen molar-refractivity contribution in [2.45, 2.75) is 13.3 Å². The molecule has 22 heavy (non-hydrogen) atoms. The summed E-state index contributed by atoms with van der Waals surface area (Å²) in [6.07, 6.45) is 2.11. The average Bonchev–Trinajstić information content (AvgIpc) is 3.02. The highest BCUT2D eigenvalue weighted by molar-refractivity contribution is 7.09. The van der Waals surface area contributed by atoms with Gasteiger partial charge in [-0.1, -0.05) is 46.4 Å². The Hall–Kier alpha value is -2.53. The third kappa shape index (κ3) is 3.56. The van der Waals surface area contributed by atoms with Gasteiger partial charge >= 0.3 is 0 Å². The SMILES string of the molecule is Cc1cccc(CC(=O)Nc2ccc(-c3cnns3)cc2)c1. The molecule has 0 aliphatic rings. The zero-order valence-corrected chi connectivity index (χ0v) is 12.9. The predicted octanol–water partition coefficient (Wildman–Crippen LogP) is 3.69. The number of hydrogen-bond donors (Lipinski definition) is 1. The molecule has 5 heteroatoms. The standard InChI is InChI=1S/C17H15N3OS/c1-12-3-2-4-13(9-12)10-17(21)19-15-7-5-14(6-8-15)16-11-18-20-22-16/h2-9,11H,10H2,1H3,(H,19,21). The minimum absolute atomic E-state index is 0.0159. The fourth-order valence-electron chi connectivity index (χ4n) is 2.22. The van der Waals surface area contributed by atoms with E-state index in [9.17, 15) is 4.79 Å². The maximum atomic E-state index is 12.1. The molecule has 1 aromatic heterocycles. The Morgan fingerprint density at radius 2 is 2.00 bits per heavy atom. The molecule has 0 bridgehead atoms. The summed E-state index contributed by atoms with van der Waals surface area (Å²) in [4.78, 5) is 13.1. The van der Waals surface area contributed by atoms with Crippen LogP contribution < -0.4 is 5.32 Å². The van der Waals surface area contributed by atoms with Crippen molar-refractivity contribution in [2.24, 2.45) is 0 Å². The number of nitrogens with zero attached hydrogens (tertiary/aromatic N) is 2. The summed E-state index contributed by atoms with van der Waals surface area (Å²) in [7, 11) is 0. The van der Waals surface area contributed by atoms with Crippen LogP contribution in [0.2, 0.25) is 0 Å². The van der Waals surface area contributed by atoms with E-state index in [1.165, 1.54) is 11.5 Å². The first kappa shape index (κ1) is 14.4. The third-order valence-corrected chi connectivity index (χ3v) is 3.98. The lowest BCUT2D eigenvalue weighted by atomic mass is 10.1. The monoisotopic (exact) mass is 309 g/mol. The molecule has 0 saturated heterocycles. The summed E-state index contributed by atoms with van der Waals surface area (Å²) in [6.45, 7) is 2.02. The third-order valence-electron chi connectivity index (χ3n) is 3.26. The second-order valence-electron chi connectivity index (χ2n) is 5.07. The van der Waals surface area contributed by atoms with Gasteiger partial charge in [0, 0.05) is 5.69 Å². The molecule has 0 aliphatic carbocycles. The van der Waals surface area contributed by atoms with Gasteiger partial charge in [-0.2, -0.15) is 0 Å². The molecule has 0 spiro atoms. The molecule has 3 aromatic rings. The maximum absolute atomic E-state index is 12.1. The molecule has 3 rings (SSSR count). The molecule has 1 N–H and O–H groups in total. The number of benzene rings is 2. The molecule has 0 aliphatic heterocycles. The van der Waals surface area contributed by atoms with E-state index in [1.54, 1.807) is 6.20 Å². The van der Waals surface area contributed by atoms with E-state index in [4.69, 9.17) is 0 Å². The van der Waals surface area contributed by atoms with Crippen molar-refractivity contribution >= 4 is 23.1 Å². The van der Waals surface area contributed by atoms with Gasteiger partial charge in [0.1, 0.15) is 0 Å². The van der Waals surface area contributed by atoms with Crippen LogP contribution in [0.25, 0.3) is 10.4 Å². The minimum atomic E-state index is -0.0159. The zero-order chi connectivity index (χ0) is 15.4. The Kier molecular flexibility index (Phi) is 4.25. The van der Waals surface area contributed by atoms with Crippen molar-refractivity contribution in [1.82, 2.24) is 9.59 Å². The number of carbonyl (C=O) groups is 1. The highest BCUT2D eigenvalue weighted by atomic mass is 32.1. The molecular weight excluding hydrogens is 294 g/mol. The number of anilines is 1. The van der Waals surface area contributed by atoms with Crippen molar-refractivity contribution in [3.63, 3.8) is 0 Å². The largest absolute Gasteiger partial charge is 0.326 e. The molecule has 1 amide bonds. The lowest BCUT2D eigenvalue weighted by Crippen LogP contribution is -2.14. The summed E-state index contributed by atoms with van der Waals surface area (Å²) >= 11 is 1.35. The second-order valence-corrected chi connectivity index (χ2v) is 5.86. The first-order valence-electron chi connectivity index (χ1n) is 6.94. The fraction of sp³-hybridized carbons (Fsp3) is 0.118. The van der Waals surface area contributed by atoms with Gasteiger partial charge in [0.2, 0.25) is 5.91 Å². The minimum Gasteiger partial charge on any atom is -0.326 e. The number of rotatable bonds is 4. The molecule has 0 radical (unpaired) electrons. The van der Waals surface area contributed by atoms with Crippen LogP contribution in [0.1, 0.15) is 11.1 Å². The van der Waals surface area contributed by atoms with Crippen LogP contribution in [0.15, 0.2) is 54.7 Å².